The third kappa shape index (κ3) is 6.39. The van der Waals surface area contributed by atoms with Crippen molar-refractivity contribution in [1.82, 2.24) is 10.2 Å². The zero-order valence-corrected chi connectivity index (χ0v) is 13.0. The Morgan fingerprint density at radius 3 is 2.53 bits per heavy atom. The van der Waals surface area contributed by atoms with E-state index in [2.05, 4.69) is 37.9 Å². The van der Waals surface area contributed by atoms with Gasteiger partial charge in [0.05, 0.1) is 6.54 Å². The van der Waals surface area contributed by atoms with Gasteiger partial charge in [-0.15, -0.1) is 0 Å². The minimum Gasteiger partial charge on any atom is -0.353 e. The molecule has 1 fully saturated rings. The van der Waals surface area contributed by atoms with Gasteiger partial charge in [-0.2, -0.15) is 0 Å². The highest BCUT2D eigenvalue weighted by Crippen LogP contribution is 2.18. The molecule has 3 atom stereocenters. The van der Waals surface area contributed by atoms with Crippen molar-refractivity contribution in [3.63, 3.8) is 0 Å². The van der Waals surface area contributed by atoms with E-state index in [0.29, 0.717) is 18.4 Å². The predicted octanol–water partition coefficient (Wildman–Crippen LogP) is 1.60. The largest absolute Gasteiger partial charge is 0.353 e. The third-order valence-electron chi connectivity index (χ3n) is 4.00. The molecule has 1 amide bonds. The summed E-state index contributed by atoms with van der Waals surface area (Å²) in [6.45, 7) is 11.1. The van der Waals surface area contributed by atoms with Gasteiger partial charge in [0.2, 0.25) is 5.91 Å². The van der Waals surface area contributed by atoms with Crippen LogP contribution in [0.1, 0.15) is 47.0 Å². The minimum atomic E-state index is 0.154. The molecule has 112 valence electrons. The van der Waals surface area contributed by atoms with Crippen molar-refractivity contribution >= 4 is 5.91 Å². The second-order valence-electron chi connectivity index (χ2n) is 6.58. The van der Waals surface area contributed by atoms with E-state index in [9.17, 15) is 4.79 Å². The number of hydrogen-bond acceptors (Lipinski definition) is 3. The molecule has 19 heavy (non-hydrogen) atoms. The van der Waals surface area contributed by atoms with E-state index >= 15 is 0 Å². The van der Waals surface area contributed by atoms with Crippen molar-refractivity contribution in [3.8, 4) is 0 Å². The second-order valence-corrected chi connectivity index (χ2v) is 6.58. The van der Waals surface area contributed by atoms with Crippen molar-refractivity contribution in [1.29, 1.82) is 0 Å². The van der Waals surface area contributed by atoms with E-state index < -0.39 is 0 Å². The van der Waals surface area contributed by atoms with E-state index in [1.807, 2.05) is 0 Å². The van der Waals surface area contributed by atoms with Crippen molar-refractivity contribution in [2.75, 3.05) is 19.6 Å². The molecule has 4 nitrogen and oxygen atoms in total. The highest BCUT2D eigenvalue weighted by atomic mass is 16.2. The molecule has 4 heteroatoms. The highest BCUT2D eigenvalue weighted by molar-refractivity contribution is 5.78. The van der Waals surface area contributed by atoms with Crippen LogP contribution >= 0.6 is 0 Å². The van der Waals surface area contributed by atoms with Crippen LogP contribution in [0.2, 0.25) is 0 Å². The molecule has 0 spiro atoms. The SMILES string of the molecule is CC(C)CCC(C)NC(=O)CN1CCC(C(C)N)C1. The Balaban J connectivity index is 2.21. The Bertz CT molecular complexity index is 279. The van der Waals surface area contributed by atoms with Crippen LogP contribution in [0.25, 0.3) is 0 Å². The van der Waals surface area contributed by atoms with Gasteiger partial charge in [-0.05, 0) is 51.5 Å². The quantitative estimate of drug-likeness (QED) is 0.738. The predicted molar refractivity (Wildman–Crippen MR) is 79.9 cm³/mol. The molecule has 0 aliphatic carbocycles. The number of carbonyl (C=O) groups excluding carboxylic acids is 1. The van der Waals surface area contributed by atoms with Gasteiger partial charge in [-0.1, -0.05) is 13.8 Å². The second kappa shape index (κ2) is 7.85. The van der Waals surface area contributed by atoms with E-state index in [0.717, 1.165) is 32.4 Å². The van der Waals surface area contributed by atoms with Crippen LogP contribution in [-0.4, -0.2) is 42.5 Å². The average molecular weight is 269 g/mol. The molecule has 3 N–H and O–H groups in total. The number of nitrogens with zero attached hydrogens (tertiary/aromatic N) is 1. The lowest BCUT2D eigenvalue weighted by molar-refractivity contribution is -0.122. The number of rotatable bonds is 7. The normalized spacial score (nSPS) is 23.6. The lowest BCUT2D eigenvalue weighted by atomic mass is 10.0. The van der Waals surface area contributed by atoms with E-state index in [1.165, 1.54) is 0 Å². The summed E-state index contributed by atoms with van der Waals surface area (Å²) in [5.74, 6) is 1.40. The Morgan fingerprint density at radius 1 is 1.32 bits per heavy atom. The lowest BCUT2D eigenvalue weighted by Gasteiger charge is -2.20. The van der Waals surface area contributed by atoms with Gasteiger partial charge in [-0.3, -0.25) is 9.69 Å². The summed E-state index contributed by atoms with van der Waals surface area (Å²) in [4.78, 5) is 14.2. The molecule has 0 radical (unpaired) electrons. The zero-order chi connectivity index (χ0) is 14.4. The molecule has 0 aromatic heterocycles. The first-order chi connectivity index (χ1) is 8.88. The number of nitrogens with two attached hydrogens (primary N) is 1. The van der Waals surface area contributed by atoms with E-state index in [4.69, 9.17) is 5.73 Å². The average Bonchev–Trinajstić information content (AvgIpc) is 2.74. The molecule has 0 aromatic carbocycles. The fourth-order valence-electron chi connectivity index (χ4n) is 2.61. The van der Waals surface area contributed by atoms with Gasteiger partial charge in [0, 0.05) is 18.6 Å². The van der Waals surface area contributed by atoms with Crippen molar-refractivity contribution in [2.45, 2.75) is 59.0 Å². The summed E-state index contributed by atoms with van der Waals surface area (Å²) in [5.41, 5.74) is 5.91. The summed E-state index contributed by atoms with van der Waals surface area (Å²) in [7, 11) is 0. The Morgan fingerprint density at radius 2 is 2.00 bits per heavy atom. The third-order valence-corrected chi connectivity index (χ3v) is 4.00. The Labute approximate surface area is 118 Å². The first-order valence-electron chi connectivity index (χ1n) is 7.65. The van der Waals surface area contributed by atoms with Crippen molar-refractivity contribution in [2.24, 2.45) is 17.6 Å². The van der Waals surface area contributed by atoms with Crippen LogP contribution in [0.5, 0.6) is 0 Å². The summed E-state index contributed by atoms with van der Waals surface area (Å²) in [6, 6.07) is 0.514. The number of nitrogens with one attached hydrogen (secondary N) is 1. The molecule has 3 unspecified atom stereocenters. The van der Waals surface area contributed by atoms with Crippen LogP contribution in [0.3, 0.4) is 0 Å². The highest BCUT2D eigenvalue weighted by Gasteiger charge is 2.26. The van der Waals surface area contributed by atoms with Crippen LogP contribution < -0.4 is 11.1 Å². The molecule has 1 rings (SSSR count). The minimum absolute atomic E-state index is 0.154. The van der Waals surface area contributed by atoms with E-state index in [-0.39, 0.29) is 18.0 Å². The molecular formula is C15H31N3O. The monoisotopic (exact) mass is 269 g/mol. The Kier molecular flexibility index (Phi) is 6.80. The maximum absolute atomic E-state index is 11.9. The van der Waals surface area contributed by atoms with Gasteiger partial charge < -0.3 is 11.1 Å². The first-order valence-corrected chi connectivity index (χ1v) is 7.65. The zero-order valence-electron chi connectivity index (χ0n) is 13.0. The van der Waals surface area contributed by atoms with Crippen LogP contribution in [0, 0.1) is 11.8 Å². The topological polar surface area (TPSA) is 58.4 Å². The lowest BCUT2D eigenvalue weighted by Crippen LogP contribution is -2.41. The molecule has 1 aliphatic rings. The molecule has 1 aliphatic heterocycles. The number of likely N-dealkylation sites (tertiary alicyclic amines) is 1. The van der Waals surface area contributed by atoms with Crippen LogP contribution in [-0.2, 0) is 4.79 Å². The van der Waals surface area contributed by atoms with Crippen LogP contribution in [0.4, 0.5) is 0 Å². The number of carbonyl (C=O) groups is 1. The molecule has 0 aromatic rings. The summed E-state index contributed by atoms with van der Waals surface area (Å²) >= 11 is 0. The fraction of sp³-hybridized carbons (Fsp3) is 0.933. The molecular weight excluding hydrogens is 238 g/mol. The summed E-state index contributed by atoms with van der Waals surface area (Å²) < 4.78 is 0. The van der Waals surface area contributed by atoms with Gasteiger partial charge in [0.25, 0.3) is 0 Å². The first kappa shape index (κ1) is 16.4. The molecule has 0 bridgehead atoms. The van der Waals surface area contributed by atoms with Crippen molar-refractivity contribution < 1.29 is 4.79 Å². The van der Waals surface area contributed by atoms with Crippen LogP contribution in [0.15, 0.2) is 0 Å². The van der Waals surface area contributed by atoms with Gasteiger partial charge >= 0.3 is 0 Å². The van der Waals surface area contributed by atoms with Gasteiger partial charge in [0.1, 0.15) is 0 Å². The number of amides is 1. The maximum Gasteiger partial charge on any atom is 0.234 e. The molecule has 1 heterocycles. The van der Waals surface area contributed by atoms with E-state index in [1.54, 1.807) is 0 Å². The Hall–Kier alpha value is -0.610. The standard InChI is InChI=1S/C15H31N3O/c1-11(2)5-6-12(3)17-15(19)10-18-8-7-14(9-18)13(4)16/h11-14H,5-10,16H2,1-4H3,(H,17,19). The van der Waals surface area contributed by atoms with Gasteiger partial charge in [-0.25, -0.2) is 0 Å². The smallest absolute Gasteiger partial charge is 0.234 e. The fourth-order valence-corrected chi connectivity index (χ4v) is 2.61. The maximum atomic E-state index is 11.9. The molecule has 1 saturated heterocycles. The summed E-state index contributed by atoms with van der Waals surface area (Å²) in [5, 5.41) is 3.09. The van der Waals surface area contributed by atoms with Gasteiger partial charge in [0.15, 0.2) is 0 Å². The summed E-state index contributed by atoms with van der Waals surface area (Å²) in [6.07, 6.45) is 3.34. The van der Waals surface area contributed by atoms with Crippen molar-refractivity contribution in [3.05, 3.63) is 0 Å². The number of hydrogen-bond donors (Lipinski definition) is 2. The molecule has 0 saturated carbocycles.